The highest BCUT2D eigenvalue weighted by atomic mass is 35.5. The van der Waals surface area contributed by atoms with E-state index in [2.05, 4.69) is 4.90 Å². The molecular weight excluding hydrogens is 335 g/mol. The summed E-state index contributed by atoms with van der Waals surface area (Å²) in [5, 5.41) is 0.737. The van der Waals surface area contributed by atoms with Gasteiger partial charge in [-0.1, -0.05) is 36.0 Å². The minimum atomic E-state index is -0.0116. The van der Waals surface area contributed by atoms with Crippen molar-refractivity contribution in [3.8, 4) is 5.75 Å². The van der Waals surface area contributed by atoms with E-state index in [-0.39, 0.29) is 5.91 Å². The lowest BCUT2D eigenvalue weighted by atomic mass is 10.1. The van der Waals surface area contributed by atoms with Crippen molar-refractivity contribution in [1.82, 2.24) is 9.80 Å². The molecule has 1 aromatic carbocycles. The predicted octanol–water partition coefficient (Wildman–Crippen LogP) is 3.70. The lowest BCUT2D eigenvalue weighted by molar-refractivity contribution is 0.0573. The largest absolute Gasteiger partial charge is 0.494 e. The lowest BCUT2D eigenvalue weighted by Crippen LogP contribution is -2.51. The second-order valence-corrected chi connectivity index (χ2v) is 7.05. The van der Waals surface area contributed by atoms with Crippen molar-refractivity contribution >= 4 is 29.1 Å². The molecule has 0 aromatic heterocycles. The van der Waals surface area contributed by atoms with Crippen LogP contribution in [0.25, 0.3) is 0 Å². The Bertz CT molecular complexity index is 557. The van der Waals surface area contributed by atoms with Crippen molar-refractivity contribution in [2.45, 2.75) is 31.7 Å². The second-order valence-electron chi connectivity index (χ2n) is 6.24. The molecule has 6 heteroatoms. The highest BCUT2D eigenvalue weighted by molar-refractivity contribution is 6.37. The first-order valence-corrected chi connectivity index (χ1v) is 8.92. The zero-order valence-electron chi connectivity index (χ0n) is 13.4. The molecule has 2 aliphatic rings. The molecule has 1 saturated carbocycles. The topological polar surface area (TPSA) is 32.8 Å². The van der Waals surface area contributed by atoms with Crippen molar-refractivity contribution in [1.29, 1.82) is 0 Å². The van der Waals surface area contributed by atoms with Crippen molar-refractivity contribution in [2.75, 3.05) is 33.3 Å². The summed E-state index contributed by atoms with van der Waals surface area (Å²) in [4.78, 5) is 17.1. The van der Waals surface area contributed by atoms with Crippen LogP contribution in [0.1, 0.15) is 36.0 Å². The van der Waals surface area contributed by atoms with Crippen LogP contribution in [-0.2, 0) is 0 Å². The minimum absolute atomic E-state index is 0.0116. The van der Waals surface area contributed by atoms with Gasteiger partial charge in [-0.15, -0.1) is 0 Å². The molecule has 0 radical (unpaired) electrons. The van der Waals surface area contributed by atoms with E-state index in [1.807, 2.05) is 4.90 Å². The zero-order chi connectivity index (χ0) is 16.4. The quantitative estimate of drug-likeness (QED) is 0.827. The molecule has 0 N–H and O–H groups in total. The summed E-state index contributed by atoms with van der Waals surface area (Å²) in [6, 6.07) is 3.99. The Labute approximate surface area is 147 Å². The van der Waals surface area contributed by atoms with Gasteiger partial charge in [0.25, 0.3) is 5.91 Å². The van der Waals surface area contributed by atoms with Gasteiger partial charge in [0.1, 0.15) is 0 Å². The van der Waals surface area contributed by atoms with Crippen LogP contribution >= 0.6 is 23.2 Å². The molecule has 0 atom stereocenters. The third-order valence-electron chi connectivity index (χ3n) is 4.89. The number of benzene rings is 1. The zero-order valence-corrected chi connectivity index (χ0v) is 14.9. The van der Waals surface area contributed by atoms with Gasteiger partial charge in [-0.3, -0.25) is 9.69 Å². The van der Waals surface area contributed by atoms with Crippen molar-refractivity contribution in [3.05, 3.63) is 27.7 Å². The fourth-order valence-electron chi connectivity index (χ4n) is 3.62. The standard InChI is InChI=1S/C17H22Cl2N2O2/c1-23-16-14(18)10-12(11-15(16)19)17(22)21-8-6-20(7-9-21)13-4-2-3-5-13/h10-11,13H,2-9H2,1H3. The van der Waals surface area contributed by atoms with Gasteiger partial charge in [0.2, 0.25) is 0 Å². The summed E-state index contributed by atoms with van der Waals surface area (Å²) in [6.07, 6.45) is 5.29. The Kier molecular flexibility index (Phi) is 5.34. The number of carbonyl (C=O) groups excluding carboxylic acids is 1. The Hall–Kier alpha value is -0.970. The molecule has 23 heavy (non-hydrogen) atoms. The molecule has 0 unspecified atom stereocenters. The van der Waals surface area contributed by atoms with Gasteiger partial charge in [-0.05, 0) is 25.0 Å². The molecular formula is C17H22Cl2N2O2. The predicted molar refractivity (Wildman–Crippen MR) is 92.7 cm³/mol. The van der Waals surface area contributed by atoms with E-state index < -0.39 is 0 Å². The number of rotatable bonds is 3. The Balaban J connectivity index is 1.65. The highest BCUT2D eigenvalue weighted by Gasteiger charge is 2.28. The fraction of sp³-hybridized carbons (Fsp3) is 0.588. The number of piperazine rings is 1. The van der Waals surface area contributed by atoms with Crippen LogP contribution in [0.5, 0.6) is 5.75 Å². The van der Waals surface area contributed by atoms with E-state index in [0.29, 0.717) is 21.4 Å². The number of amides is 1. The maximum Gasteiger partial charge on any atom is 0.254 e. The summed E-state index contributed by atoms with van der Waals surface area (Å²) in [5.41, 5.74) is 0.523. The van der Waals surface area contributed by atoms with Gasteiger partial charge in [0.15, 0.2) is 5.75 Å². The first kappa shape index (κ1) is 16.9. The first-order chi connectivity index (χ1) is 11.1. The van der Waals surface area contributed by atoms with Crippen LogP contribution in [0.3, 0.4) is 0 Å². The molecule has 1 amide bonds. The monoisotopic (exact) mass is 356 g/mol. The van der Waals surface area contributed by atoms with Crippen molar-refractivity contribution in [3.63, 3.8) is 0 Å². The molecule has 4 nitrogen and oxygen atoms in total. The number of carbonyl (C=O) groups is 1. The summed E-state index contributed by atoms with van der Waals surface area (Å²) in [5.74, 6) is 0.401. The number of hydrogen-bond donors (Lipinski definition) is 0. The van der Waals surface area contributed by atoms with Gasteiger partial charge >= 0.3 is 0 Å². The molecule has 1 aliphatic heterocycles. The van der Waals surface area contributed by atoms with Crippen LogP contribution in [0.4, 0.5) is 0 Å². The Morgan fingerprint density at radius 2 is 1.65 bits per heavy atom. The summed E-state index contributed by atoms with van der Waals surface area (Å²) >= 11 is 12.3. The van der Waals surface area contributed by atoms with E-state index in [0.717, 1.165) is 32.2 Å². The normalized spacial score (nSPS) is 20.0. The molecule has 1 heterocycles. The van der Waals surface area contributed by atoms with Gasteiger partial charge in [-0.2, -0.15) is 0 Å². The Morgan fingerprint density at radius 1 is 1.09 bits per heavy atom. The number of methoxy groups -OCH3 is 1. The molecule has 3 rings (SSSR count). The lowest BCUT2D eigenvalue weighted by Gasteiger charge is -2.38. The van der Waals surface area contributed by atoms with Gasteiger partial charge in [0.05, 0.1) is 17.2 Å². The summed E-state index contributed by atoms with van der Waals surface area (Å²) < 4.78 is 5.13. The van der Waals surface area contributed by atoms with E-state index in [1.54, 1.807) is 12.1 Å². The number of nitrogens with zero attached hydrogens (tertiary/aromatic N) is 2. The molecule has 126 valence electrons. The third-order valence-corrected chi connectivity index (χ3v) is 5.45. The van der Waals surface area contributed by atoms with Crippen LogP contribution < -0.4 is 4.74 Å². The van der Waals surface area contributed by atoms with Gasteiger partial charge in [-0.25, -0.2) is 0 Å². The van der Waals surface area contributed by atoms with E-state index in [9.17, 15) is 4.79 Å². The van der Waals surface area contributed by atoms with Crippen LogP contribution in [0, 0.1) is 0 Å². The second kappa shape index (κ2) is 7.29. The average molecular weight is 357 g/mol. The van der Waals surface area contributed by atoms with Crippen molar-refractivity contribution in [2.24, 2.45) is 0 Å². The van der Waals surface area contributed by atoms with Crippen molar-refractivity contribution < 1.29 is 9.53 Å². The number of halogens is 2. The summed E-state index contributed by atoms with van der Waals surface area (Å²) in [6.45, 7) is 3.43. The van der Waals surface area contributed by atoms with Crippen LogP contribution in [-0.4, -0.2) is 55.0 Å². The van der Waals surface area contributed by atoms with Gasteiger partial charge in [0, 0.05) is 37.8 Å². The minimum Gasteiger partial charge on any atom is -0.494 e. The number of hydrogen-bond acceptors (Lipinski definition) is 3. The van der Waals surface area contributed by atoms with Crippen LogP contribution in [0.15, 0.2) is 12.1 Å². The van der Waals surface area contributed by atoms with E-state index >= 15 is 0 Å². The average Bonchev–Trinajstić information content (AvgIpc) is 3.08. The molecule has 1 aromatic rings. The highest BCUT2D eigenvalue weighted by Crippen LogP contribution is 2.34. The van der Waals surface area contributed by atoms with E-state index in [1.165, 1.54) is 32.8 Å². The maximum absolute atomic E-state index is 12.7. The van der Waals surface area contributed by atoms with Crippen LogP contribution in [0.2, 0.25) is 10.0 Å². The molecule has 1 saturated heterocycles. The maximum atomic E-state index is 12.7. The van der Waals surface area contributed by atoms with Gasteiger partial charge < -0.3 is 9.64 Å². The molecule has 1 aliphatic carbocycles. The first-order valence-electron chi connectivity index (χ1n) is 8.16. The molecule has 0 spiro atoms. The Morgan fingerprint density at radius 3 is 2.17 bits per heavy atom. The molecule has 0 bridgehead atoms. The fourth-order valence-corrected chi connectivity index (χ4v) is 4.26. The smallest absolute Gasteiger partial charge is 0.254 e. The summed E-state index contributed by atoms with van der Waals surface area (Å²) in [7, 11) is 1.51. The van der Waals surface area contributed by atoms with E-state index in [4.69, 9.17) is 27.9 Å². The SMILES string of the molecule is COc1c(Cl)cc(C(=O)N2CCN(C3CCCC3)CC2)cc1Cl. The third kappa shape index (κ3) is 3.59. The number of ether oxygens (including phenoxy) is 1. The molecule has 2 fully saturated rings.